The third-order valence-electron chi connectivity index (χ3n) is 4.16. The smallest absolute Gasteiger partial charge is 0.219 e. The van der Waals surface area contributed by atoms with Crippen molar-refractivity contribution in [2.24, 2.45) is 0 Å². The molecule has 0 atom stereocenters. The first-order valence-electron chi connectivity index (χ1n) is 8.10. The Labute approximate surface area is 145 Å². The molecule has 2 aromatic rings. The summed E-state index contributed by atoms with van der Waals surface area (Å²) in [6, 6.07) is 5.49. The molecule has 0 N–H and O–H groups in total. The summed E-state index contributed by atoms with van der Waals surface area (Å²) < 4.78 is 49.9. The fourth-order valence-electron chi connectivity index (χ4n) is 2.78. The zero-order valence-corrected chi connectivity index (χ0v) is 14.7. The van der Waals surface area contributed by atoms with E-state index in [0.29, 0.717) is 43.5 Å². The van der Waals surface area contributed by atoms with E-state index in [2.05, 4.69) is 10.2 Å². The second kappa shape index (κ2) is 7.49. The number of hydrogen-bond acceptors (Lipinski definition) is 6. The van der Waals surface area contributed by atoms with Gasteiger partial charge in [-0.05, 0) is 37.1 Å². The van der Waals surface area contributed by atoms with E-state index in [1.54, 1.807) is 6.92 Å². The second-order valence-electron chi connectivity index (χ2n) is 5.95. The van der Waals surface area contributed by atoms with Crippen molar-refractivity contribution in [2.45, 2.75) is 25.7 Å². The summed E-state index contributed by atoms with van der Waals surface area (Å²) >= 11 is 0. The Bertz CT molecular complexity index is 799. The Balaban J connectivity index is 1.48. The van der Waals surface area contributed by atoms with Crippen molar-refractivity contribution in [1.29, 1.82) is 0 Å². The number of halogens is 1. The Morgan fingerprint density at radius 3 is 2.52 bits per heavy atom. The number of benzene rings is 1. The molecule has 1 aromatic heterocycles. The summed E-state index contributed by atoms with van der Waals surface area (Å²) in [4.78, 5) is 0. The number of nitrogens with zero attached hydrogens (tertiary/aromatic N) is 3. The van der Waals surface area contributed by atoms with E-state index in [-0.39, 0.29) is 24.1 Å². The molecule has 25 heavy (non-hydrogen) atoms. The second-order valence-corrected chi connectivity index (χ2v) is 8.04. The number of piperidine rings is 1. The molecular formula is C16H20FN3O4S. The van der Waals surface area contributed by atoms with Crippen LogP contribution in [0.3, 0.4) is 0 Å². The molecule has 2 heterocycles. The lowest BCUT2D eigenvalue weighted by Crippen LogP contribution is -2.40. The molecule has 0 amide bonds. The standard InChI is InChI=1S/C16H20FN3O4S/c1-12-18-19-16(24-12)13-6-8-20(9-7-13)25(21,22)11-10-23-15-4-2-14(17)3-5-15/h2-5,13H,6-11H2,1H3. The highest BCUT2D eigenvalue weighted by atomic mass is 32.2. The molecule has 0 bridgehead atoms. The third-order valence-corrected chi connectivity index (χ3v) is 6.00. The molecule has 0 aliphatic carbocycles. The molecule has 1 saturated heterocycles. The molecule has 1 aromatic carbocycles. The van der Waals surface area contributed by atoms with Crippen molar-refractivity contribution >= 4 is 10.0 Å². The number of hydrogen-bond donors (Lipinski definition) is 0. The van der Waals surface area contributed by atoms with Crippen LogP contribution < -0.4 is 4.74 Å². The zero-order chi connectivity index (χ0) is 17.9. The highest BCUT2D eigenvalue weighted by Gasteiger charge is 2.30. The molecule has 3 rings (SSSR count). The van der Waals surface area contributed by atoms with Gasteiger partial charge in [-0.1, -0.05) is 0 Å². The summed E-state index contributed by atoms with van der Waals surface area (Å²) in [6.07, 6.45) is 1.30. The third kappa shape index (κ3) is 4.55. The Morgan fingerprint density at radius 2 is 1.92 bits per heavy atom. The first-order chi connectivity index (χ1) is 11.9. The van der Waals surface area contributed by atoms with Crippen LogP contribution in [0.25, 0.3) is 0 Å². The minimum absolute atomic E-state index is 0.0246. The van der Waals surface area contributed by atoms with Gasteiger partial charge in [-0.25, -0.2) is 17.1 Å². The van der Waals surface area contributed by atoms with Gasteiger partial charge in [0.1, 0.15) is 18.2 Å². The first kappa shape index (κ1) is 17.8. The molecule has 9 heteroatoms. The van der Waals surface area contributed by atoms with Gasteiger partial charge in [0.25, 0.3) is 0 Å². The Morgan fingerprint density at radius 1 is 1.24 bits per heavy atom. The Kier molecular flexibility index (Phi) is 5.33. The number of sulfonamides is 1. The molecule has 0 radical (unpaired) electrons. The largest absolute Gasteiger partial charge is 0.492 e. The van der Waals surface area contributed by atoms with Gasteiger partial charge in [-0.2, -0.15) is 0 Å². The van der Waals surface area contributed by atoms with Gasteiger partial charge < -0.3 is 9.15 Å². The van der Waals surface area contributed by atoms with Gasteiger partial charge in [0.05, 0.1) is 5.75 Å². The van der Waals surface area contributed by atoms with E-state index >= 15 is 0 Å². The van der Waals surface area contributed by atoms with Crippen LogP contribution >= 0.6 is 0 Å². The van der Waals surface area contributed by atoms with E-state index < -0.39 is 10.0 Å². The normalized spacial score (nSPS) is 16.9. The molecule has 7 nitrogen and oxygen atoms in total. The SMILES string of the molecule is Cc1nnc(C2CCN(S(=O)(=O)CCOc3ccc(F)cc3)CC2)o1. The van der Waals surface area contributed by atoms with E-state index in [0.717, 1.165) is 0 Å². The van der Waals surface area contributed by atoms with Crippen LogP contribution in [-0.2, 0) is 10.0 Å². The minimum Gasteiger partial charge on any atom is -0.492 e. The fourth-order valence-corrected chi connectivity index (χ4v) is 4.10. The average molecular weight is 369 g/mol. The van der Waals surface area contributed by atoms with Crippen LogP contribution in [0, 0.1) is 12.7 Å². The van der Waals surface area contributed by atoms with Crippen molar-refractivity contribution in [1.82, 2.24) is 14.5 Å². The minimum atomic E-state index is -3.39. The predicted molar refractivity (Wildman–Crippen MR) is 88.3 cm³/mol. The van der Waals surface area contributed by atoms with Crippen molar-refractivity contribution in [2.75, 3.05) is 25.4 Å². The summed E-state index contributed by atoms with van der Waals surface area (Å²) in [5.41, 5.74) is 0. The fraction of sp³-hybridized carbons (Fsp3) is 0.500. The van der Waals surface area contributed by atoms with E-state index in [4.69, 9.17) is 9.15 Å². The lowest BCUT2D eigenvalue weighted by Gasteiger charge is -2.29. The molecule has 1 aliphatic rings. The lowest BCUT2D eigenvalue weighted by molar-refractivity contribution is 0.283. The number of aryl methyl sites for hydroxylation is 1. The quantitative estimate of drug-likeness (QED) is 0.775. The van der Waals surface area contributed by atoms with Crippen LogP contribution in [0.1, 0.15) is 30.5 Å². The molecule has 0 spiro atoms. The first-order valence-corrected chi connectivity index (χ1v) is 9.71. The van der Waals surface area contributed by atoms with Gasteiger partial charge in [0.2, 0.25) is 21.8 Å². The highest BCUT2D eigenvalue weighted by molar-refractivity contribution is 7.89. The van der Waals surface area contributed by atoms with Crippen molar-refractivity contribution in [3.63, 3.8) is 0 Å². The summed E-state index contributed by atoms with van der Waals surface area (Å²) in [7, 11) is -3.39. The van der Waals surface area contributed by atoms with Gasteiger partial charge in [-0.15, -0.1) is 10.2 Å². The maximum absolute atomic E-state index is 12.8. The van der Waals surface area contributed by atoms with Crippen LogP contribution in [-0.4, -0.2) is 48.4 Å². The topological polar surface area (TPSA) is 85.5 Å². The molecule has 1 fully saturated rings. The Hall–Kier alpha value is -2.00. The number of ether oxygens (including phenoxy) is 1. The zero-order valence-electron chi connectivity index (χ0n) is 13.9. The van der Waals surface area contributed by atoms with E-state index in [1.807, 2.05) is 0 Å². The summed E-state index contributed by atoms with van der Waals surface area (Å²) in [6.45, 7) is 2.60. The average Bonchev–Trinajstić information content (AvgIpc) is 3.03. The molecule has 1 aliphatic heterocycles. The van der Waals surface area contributed by atoms with Gasteiger partial charge in [0.15, 0.2) is 0 Å². The highest BCUT2D eigenvalue weighted by Crippen LogP contribution is 2.28. The monoisotopic (exact) mass is 369 g/mol. The van der Waals surface area contributed by atoms with Crippen molar-refractivity contribution < 1.29 is 22.0 Å². The van der Waals surface area contributed by atoms with Crippen LogP contribution in [0.5, 0.6) is 5.75 Å². The van der Waals surface area contributed by atoms with Gasteiger partial charge in [0, 0.05) is 25.9 Å². The number of aromatic nitrogens is 2. The van der Waals surface area contributed by atoms with Crippen molar-refractivity contribution in [3.05, 3.63) is 41.9 Å². The van der Waals surface area contributed by atoms with Gasteiger partial charge in [-0.3, -0.25) is 0 Å². The summed E-state index contributed by atoms with van der Waals surface area (Å²) in [5, 5.41) is 7.83. The maximum atomic E-state index is 12.8. The number of rotatable bonds is 6. The lowest BCUT2D eigenvalue weighted by atomic mass is 9.98. The predicted octanol–water partition coefficient (Wildman–Crippen LogP) is 2.11. The van der Waals surface area contributed by atoms with Crippen LogP contribution in [0.4, 0.5) is 4.39 Å². The van der Waals surface area contributed by atoms with Crippen LogP contribution in [0.15, 0.2) is 28.7 Å². The molecule has 136 valence electrons. The van der Waals surface area contributed by atoms with Crippen molar-refractivity contribution in [3.8, 4) is 5.75 Å². The maximum Gasteiger partial charge on any atom is 0.219 e. The van der Waals surface area contributed by atoms with Gasteiger partial charge >= 0.3 is 0 Å². The summed E-state index contributed by atoms with van der Waals surface area (Å²) in [5.74, 6) is 1.16. The van der Waals surface area contributed by atoms with E-state index in [1.165, 1.54) is 28.6 Å². The molecule has 0 saturated carbocycles. The van der Waals surface area contributed by atoms with Crippen LogP contribution in [0.2, 0.25) is 0 Å². The van der Waals surface area contributed by atoms with E-state index in [9.17, 15) is 12.8 Å². The molecule has 0 unspecified atom stereocenters. The molecular weight excluding hydrogens is 349 g/mol.